The Kier molecular flexibility index (Phi) is 5.11. The second-order valence-corrected chi connectivity index (χ2v) is 7.45. The topological polar surface area (TPSA) is 52.3 Å². The Morgan fingerprint density at radius 3 is 2.67 bits per heavy atom. The van der Waals surface area contributed by atoms with Crippen LogP contribution >= 0.6 is 27.3 Å². The largest absolute Gasteiger partial charge is 0.431 e. The van der Waals surface area contributed by atoms with Crippen molar-refractivity contribution in [1.29, 1.82) is 0 Å². The van der Waals surface area contributed by atoms with E-state index in [4.69, 9.17) is 9.15 Å². The maximum Gasteiger partial charge on any atom is 0.312 e. The van der Waals surface area contributed by atoms with Crippen molar-refractivity contribution < 1.29 is 18.3 Å². The van der Waals surface area contributed by atoms with Crippen molar-refractivity contribution in [2.45, 2.75) is 19.8 Å². The van der Waals surface area contributed by atoms with Crippen molar-refractivity contribution in [3.63, 3.8) is 0 Å². The molecular formula is C17H13BrFNO3S. The molecule has 0 amide bonds. The molecule has 0 spiro atoms. The molecular weight excluding hydrogens is 397 g/mol. The molecule has 3 rings (SSSR count). The summed E-state index contributed by atoms with van der Waals surface area (Å²) in [6.07, 6.45) is 0.980. The first-order valence-electron chi connectivity index (χ1n) is 7.30. The van der Waals surface area contributed by atoms with Gasteiger partial charge < -0.3 is 9.15 Å². The second kappa shape index (κ2) is 7.27. The van der Waals surface area contributed by atoms with E-state index in [9.17, 15) is 9.18 Å². The van der Waals surface area contributed by atoms with Crippen LogP contribution in [0.15, 0.2) is 44.6 Å². The molecule has 124 valence electrons. The van der Waals surface area contributed by atoms with Crippen LogP contribution in [0.25, 0.3) is 22.1 Å². The van der Waals surface area contributed by atoms with Crippen molar-refractivity contribution in [3.05, 3.63) is 46.0 Å². The van der Waals surface area contributed by atoms with E-state index in [0.29, 0.717) is 24.2 Å². The Balaban J connectivity index is 2.01. The molecule has 2 aromatic heterocycles. The van der Waals surface area contributed by atoms with E-state index in [1.54, 1.807) is 12.1 Å². The van der Waals surface area contributed by atoms with Gasteiger partial charge in [0.15, 0.2) is 0 Å². The molecule has 4 nitrogen and oxygen atoms in total. The fourth-order valence-corrected chi connectivity index (χ4v) is 3.41. The maximum absolute atomic E-state index is 13.1. The summed E-state index contributed by atoms with van der Waals surface area (Å²) in [5, 5.41) is 0. The van der Waals surface area contributed by atoms with Crippen molar-refractivity contribution in [1.82, 2.24) is 4.98 Å². The Morgan fingerprint density at radius 2 is 2.04 bits per heavy atom. The lowest BCUT2D eigenvalue weighted by Gasteiger charge is -2.00. The third-order valence-corrected chi connectivity index (χ3v) is 4.77. The fraction of sp³-hybridized carbons (Fsp3) is 0.176. The van der Waals surface area contributed by atoms with Crippen molar-refractivity contribution in [2.24, 2.45) is 0 Å². The number of halogens is 2. The predicted octanol–water partition coefficient (Wildman–Crippen LogP) is 5.68. The Hall–Kier alpha value is -1.99. The molecule has 3 aromatic rings. The lowest BCUT2D eigenvalue weighted by atomic mass is 10.2. The van der Waals surface area contributed by atoms with Crippen molar-refractivity contribution >= 4 is 33.2 Å². The van der Waals surface area contributed by atoms with Gasteiger partial charge in [-0.25, -0.2) is 4.39 Å². The van der Waals surface area contributed by atoms with Gasteiger partial charge in [-0.15, -0.1) is 11.3 Å². The zero-order valence-electron chi connectivity index (χ0n) is 12.7. The molecule has 0 saturated carbocycles. The predicted molar refractivity (Wildman–Crippen MR) is 93.5 cm³/mol. The highest BCUT2D eigenvalue weighted by Gasteiger charge is 2.21. The highest BCUT2D eigenvalue weighted by Crippen LogP contribution is 2.39. The van der Waals surface area contributed by atoms with Crippen LogP contribution in [-0.4, -0.2) is 11.0 Å². The third kappa shape index (κ3) is 3.73. The van der Waals surface area contributed by atoms with E-state index in [-0.39, 0.29) is 23.6 Å². The second-order valence-electron chi connectivity index (χ2n) is 4.99. The maximum atomic E-state index is 13.1. The van der Waals surface area contributed by atoms with Gasteiger partial charge in [-0.3, -0.25) is 4.79 Å². The van der Waals surface area contributed by atoms with Crippen LogP contribution in [0.3, 0.4) is 0 Å². The van der Waals surface area contributed by atoms with E-state index >= 15 is 0 Å². The van der Waals surface area contributed by atoms with Gasteiger partial charge in [0.2, 0.25) is 11.7 Å². The number of carbonyl (C=O) groups is 1. The molecule has 0 aliphatic heterocycles. The average molecular weight is 410 g/mol. The average Bonchev–Trinajstić information content (AvgIpc) is 3.14. The molecule has 1 aromatic carbocycles. The number of hydrogen-bond acceptors (Lipinski definition) is 5. The van der Waals surface area contributed by atoms with E-state index in [1.165, 1.54) is 23.5 Å². The molecule has 0 N–H and O–H groups in total. The number of rotatable bonds is 5. The normalized spacial score (nSPS) is 10.8. The summed E-state index contributed by atoms with van der Waals surface area (Å²) in [5.74, 6) is 0.0704. The van der Waals surface area contributed by atoms with E-state index < -0.39 is 0 Å². The number of hydrogen-bond donors (Lipinski definition) is 0. The molecule has 0 bridgehead atoms. The van der Waals surface area contributed by atoms with Crippen molar-refractivity contribution in [3.8, 4) is 28.0 Å². The fourth-order valence-electron chi connectivity index (χ4n) is 2.05. The van der Waals surface area contributed by atoms with Gasteiger partial charge in [-0.05, 0) is 58.7 Å². The number of carbonyl (C=O) groups excluding carboxylic acids is 1. The molecule has 2 heterocycles. The molecule has 0 saturated heterocycles. The molecule has 0 aliphatic rings. The van der Waals surface area contributed by atoms with E-state index in [0.717, 1.165) is 8.66 Å². The standard InChI is InChI=1S/C17H13BrFNO3S/c1-2-3-14(21)22-17-15(12-8-9-13(18)24-12)23-16(20-17)10-4-6-11(19)7-5-10/h4-9H,2-3H2,1H3. The zero-order valence-corrected chi connectivity index (χ0v) is 15.1. The molecule has 0 unspecified atom stereocenters. The van der Waals surface area contributed by atoms with Crippen LogP contribution in [0, 0.1) is 5.82 Å². The van der Waals surface area contributed by atoms with Crippen LogP contribution in [0.4, 0.5) is 4.39 Å². The molecule has 0 aliphatic carbocycles. The van der Waals surface area contributed by atoms with E-state index in [2.05, 4.69) is 20.9 Å². The highest BCUT2D eigenvalue weighted by molar-refractivity contribution is 9.11. The molecule has 0 atom stereocenters. The van der Waals surface area contributed by atoms with Gasteiger partial charge in [0, 0.05) is 12.0 Å². The first-order chi connectivity index (χ1) is 11.6. The van der Waals surface area contributed by atoms with Crippen LogP contribution < -0.4 is 4.74 Å². The number of thiophene rings is 1. The number of esters is 1. The van der Waals surface area contributed by atoms with E-state index in [1.807, 2.05) is 19.1 Å². The first kappa shape index (κ1) is 16.9. The molecule has 0 fully saturated rings. The summed E-state index contributed by atoms with van der Waals surface area (Å²) in [6.45, 7) is 1.89. The number of oxazole rings is 1. The number of ether oxygens (including phenoxy) is 1. The molecule has 24 heavy (non-hydrogen) atoms. The monoisotopic (exact) mass is 409 g/mol. The summed E-state index contributed by atoms with van der Waals surface area (Å²) >= 11 is 4.83. The Labute approximate surface area is 150 Å². The zero-order chi connectivity index (χ0) is 17.1. The van der Waals surface area contributed by atoms with Crippen LogP contribution in [0.1, 0.15) is 19.8 Å². The van der Waals surface area contributed by atoms with Crippen LogP contribution in [0.5, 0.6) is 5.88 Å². The van der Waals surface area contributed by atoms with Crippen LogP contribution in [-0.2, 0) is 4.79 Å². The minimum Gasteiger partial charge on any atom is -0.431 e. The number of aromatic nitrogens is 1. The lowest BCUT2D eigenvalue weighted by molar-refractivity contribution is -0.134. The quantitative estimate of drug-likeness (QED) is 0.508. The highest BCUT2D eigenvalue weighted by atomic mass is 79.9. The van der Waals surface area contributed by atoms with Gasteiger partial charge in [-0.1, -0.05) is 6.92 Å². The Morgan fingerprint density at radius 1 is 1.29 bits per heavy atom. The minimum atomic E-state index is -0.367. The third-order valence-electron chi connectivity index (χ3n) is 3.15. The van der Waals surface area contributed by atoms with Gasteiger partial charge in [0.1, 0.15) is 5.82 Å². The lowest BCUT2D eigenvalue weighted by Crippen LogP contribution is -2.07. The van der Waals surface area contributed by atoms with Gasteiger partial charge in [0.25, 0.3) is 5.88 Å². The van der Waals surface area contributed by atoms with Gasteiger partial charge >= 0.3 is 5.97 Å². The smallest absolute Gasteiger partial charge is 0.312 e. The summed E-state index contributed by atoms with van der Waals surface area (Å²) in [5.41, 5.74) is 0.603. The minimum absolute atomic E-state index is 0.127. The van der Waals surface area contributed by atoms with Crippen molar-refractivity contribution in [2.75, 3.05) is 0 Å². The SMILES string of the molecule is CCCC(=O)Oc1nc(-c2ccc(F)cc2)oc1-c1ccc(Br)s1. The Bertz CT molecular complexity index is 857. The number of benzene rings is 1. The summed E-state index contributed by atoms with van der Waals surface area (Å²) in [6, 6.07) is 9.49. The van der Waals surface area contributed by atoms with Gasteiger partial charge in [0.05, 0.1) is 8.66 Å². The van der Waals surface area contributed by atoms with Gasteiger partial charge in [-0.2, -0.15) is 4.98 Å². The van der Waals surface area contributed by atoms with Crippen LogP contribution in [0.2, 0.25) is 0 Å². The summed E-state index contributed by atoms with van der Waals surface area (Å²) in [4.78, 5) is 16.9. The summed E-state index contributed by atoms with van der Waals surface area (Å²) < 4.78 is 25.2. The first-order valence-corrected chi connectivity index (χ1v) is 8.91. The molecule has 0 radical (unpaired) electrons. The summed E-state index contributed by atoms with van der Waals surface area (Å²) in [7, 11) is 0. The molecule has 7 heteroatoms. The number of nitrogens with zero attached hydrogens (tertiary/aromatic N) is 1.